The molecule has 0 aromatic carbocycles. The normalized spacial score (nSPS) is 14.4. The van der Waals surface area contributed by atoms with Gasteiger partial charge in [-0.25, -0.2) is 0 Å². The summed E-state index contributed by atoms with van der Waals surface area (Å²) >= 11 is 0. The Morgan fingerprint density at radius 3 is 1.39 bits per heavy atom. The summed E-state index contributed by atoms with van der Waals surface area (Å²) < 4.78 is 168. The highest BCUT2D eigenvalue weighted by atomic mass is 19.4. The zero-order chi connectivity index (χ0) is 26.5. The van der Waals surface area contributed by atoms with Gasteiger partial charge < -0.3 is 0 Å². The largest absolute Gasteiger partial charge is 0.460 e. The number of carbonyl (C=O) groups is 2. The number of alkyl halides is 13. The number of hydrogen-bond acceptors (Lipinski definition) is 2. The molecule has 1 N–H and O–H groups in total. The number of amides is 2. The Labute approximate surface area is 179 Å². The Hall–Kier alpha value is -1.77. The first-order valence-corrected chi connectivity index (χ1v) is 9.43. The Morgan fingerprint density at radius 1 is 0.576 bits per heavy atom. The monoisotopic (exact) mass is 517 g/mol. The molecule has 16 heteroatoms. The fourth-order valence-electron chi connectivity index (χ4n) is 2.42. The molecule has 0 saturated carbocycles. The maximum absolute atomic E-state index is 13.6. The van der Waals surface area contributed by atoms with Crippen molar-refractivity contribution in [3.05, 3.63) is 0 Å². The van der Waals surface area contributed by atoms with E-state index in [1.54, 1.807) is 0 Å². The molecule has 2 amide bonds. The maximum atomic E-state index is 13.6. The molecular weight excluding hydrogens is 497 g/mol. The number of halogens is 13. The van der Waals surface area contributed by atoms with Gasteiger partial charge in [0.1, 0.15) is 0 Å². The van der Waals surface area contributed by atoms with Crippen LogP contribution in [0.2, 0.25) is 0 Å². The molecule has 0 unspecified atom stereocenters. The predicted octanol–water partition coefficient (Wildman–Crippen LogP) is 6.51. The Bertz CT molecular complexity index is 674. The van der Waals surface area contributed by atoms with E-state index in [2.05, 4.69) is 0 Å². The number of unbranched alkanes of at least 4 members (excludes halogenated alkanes) is 6. The quantitative estimate of drug-likeness (QED) is 0.224. The molecule has 0 atom stereocenters. The van der Waals surface area contributed by atoms with Crippen LogP contribution in [-0.2, 0) is 9.59 Å². The molecule has 3 nitrogen and oxygen atoms in total. The van der Waals surface area contributed by atoms with Gasteiger partial charge in [-0.1, -0.05) is 45.4 Å². The van der Waals surface area contributed by atoms with Gasteiger partial charge in [-0.15, -0.1) is 0 Å². The summed E-state index contributed by atoms with van der Waals surface area (Å²) in [6.45, 7) is 1.93. The SMILES string of the molecule is CCCCCCCCCC(=O)NC(=O)C(F)(F)C(F)(F)C(F)(F)C(F)(F)C(F)(F)C(F)(F)F. The molecule has 0 aliphatic carbocycles. The molecule has 0 aliphatic heterocycles. The van der Waals surface area contributed by atoms with Crippen LogP contribution < -0.4 is 5.32 Å². The standard InChI is InChI=1S/C17H20F13NO2/c1-2-3-4-5-6-7-8-9-10(32)31-11(33)12(18,19)13(20,21)14(22,23)15(24,25)16(26,27)17(28,29)30/h2-9H2,1H3,(H,31,32,33). The molecule has 0 aromatic heterocycles. The van der Waals surface area contributed by atoms with E-state index in [1.165, 1.54) is 0 Å². The number of rotatable bonds is 13. The van der Waals surface area contributed by atoms with Crippen LogP contribution in [-0.4, -0.2) is 47.6 Å². The van der Waals surface area contributed by atoms with E-state index in [4.69, 9.17) is 0 Å². The Balaban J connectivity index is 5.40. The zero-order valence-corrected chi connectivity index (χ0v) is 16.9. The van der Waals surface area contributed by atoms with Gasteiger partial charge in [-0.3, -0.25) is 14.9 Å². The van der Waals surface area contributed by atoms with Gasteiger partial charge >= 0.3 is 41.7 Å². The van der Waals surface area contributed by atoms with E-state index in [9.17, 15) is 66.7 Å². The highest BCUT2D eigenvalue weighted by molar-refractivity contribution is 5.99. The summed E-state index contributed by atoms with van der Waals surface area (Å²) in [5, 5.41) is 0.534. The number of nitrogens with one attached hydrogen (secondary N) is 1. The molecule has 0 heterocycles. The van der Waals surface area contributed by atoms with Crippen molar-refractivity contribution in [2.24, 2.45) is 0 Å². The summed E-state index contributed by atoms with van der Waals surface area (Å²) in [6.07, 6.45) is -4.09. The summed E-state index contributed by atoms with van der Waals surface area (Å²) in [7, 11) is 0. The minimum Gasteiger partial charge on any atom is -0.291 e. The van der Waals surface area contributed by atoms with Crippen LogP contribution in [0, 0.1) is 0 Å². The summed E-state index contributed by atoms with van der Waals surface area (Å²) in [4.78, 5) is 22.6. The van der Waals surface area contributed by atoms with E-state index in [0.717, 1.165) is 25.7 Å². The lowest BCUT2D eigenvalue weighted by Gasteiger charge is -2.39. The minimum atomic E-state index is -8.10. The van der Waals surface area contributed by atoms with Crippen molar-refractivity contribution in [3.8, 4) is 0 Å². The lowest BCUT2D eigenvalue weighted by Crippen LogP contribution is -2.72. The summed E-state index contributed by atoms with van der Waals surface area (Å²) in [5.41, 5.74) is 0. The lowest BCUT2D eigenvalue weighted by molar-refractivity contribution is -0.436. The molecular formula is C17H20F13NO2. The highest BCUT2D eigenvalue weighted by Crippen LogP contribution is 2.60. The van der Waals surface area contributed by atoms with Gasteiger partial charge in [0, 0.05) is 6.42 Å². The van der Waals surface area contributed by atoms with Gasteiger partial charge in [0.2, 0.25) is 5.91 Å². The van der Waals surface area contributed by atoms with Gasteiger partial charge in [0.25, 0.3) is 0 Å². The first kappa shape index (κ1) is 31.2. The number of imide groups is 1. The predicted molar refractivity (Wildman–Crippen MR) is 86.5 cm³/mol. The van der Waals surface area contributed by atoms with Crippen molar-refractivity contribution in [1.82, 2.24) is 5.32 Å². The third kappa shape index (κ3) is 6.22. The van der Waals surface area contributed by atoms with Crippen molar-refractivity contribution >= 4 is 11.8 Å². The molecule has 196 valence electrons. The average molecular weight is 517 g/mol. The second kappa shape index (κ2) is 10.7. The van der Waals surface area contributed by atoms with Gasteiger partial charge in [-0.2, -0.15) is 57.1 Å². The van der Waals surface area contributed by atoms with Crippen LogP contribution in [0.1, 0.15) is 58.3 Å². The molecule has 0 aromatic rings. The van der Waals surface area contributed by atoms with E-state index < -0.39 is 54.0 Å². The Kier molecular flexibility index (Phi) is 10.1. The maximum Gasteiger partial charge on any atom is 0.460 e. The van der Waals surface area contributed by atoms with Crippen molar-refractivity contribution < 1.29 is 66.7 Å². The van der Waals surface area contributed by atoms with Crippen molar-refractivity contribution in [3.63, 3.8) is 0 Å². The number of carbonyl (C=O) groups excluding carboxylic acids is 2. The van der Waals surface area contributed by atoms with Crippen LogP contribution in [0.5, 0.6) is 0 Å². The van der Waals surface area contributed by atoms with E-state index in [1.807, 2.05) is 6.92 Å². The fourth-order valence-corrected chi connectivity index (χ4v) is 2.42. The second-order valence-electron chi connectivity index (χ2n) is 7.12. The molecule has 0 rings (SSSR count). The first-order valence-electron chi connectivity index (χ1n) is 9.43. The third-order valence-corrected chi connectivity index (χ3v) is 4.48. The van der Waals surface area contributed by atoms with Crippen molar-refractivity contribution in [2.45, 2.75) is 94.1 Å². The van der Waals surface area contributed by atoms with E-state index in [0.29, 0.717) is 18.2 Å². The van der Waals surface area contributed by atoms with Crippen molar-refractivity contribution in [2.75, 3.05) is 0 Å². The molecule has 0 saturated heterocycles. The van der Waals surface area contributed by atoms with Crippen LogP contribution >= 0.6 is 0 Å². The smallest absolute Gasteiger partial charge is 0.291 e. The lowest BCUT2D eigenvalue weighted by atomic mass is 9.93. The molecule has 0 spiro atoms. The summed E-state index contributed by atoms with van der Waals surface area (Å²) in [5.74, 6) is -44.1. The third-order valence-electron chi connectivity index (χ3n) is 4.48. The van der Waals surface area contributed by atoms with Crippen LogP contribution in [0.15, 0.2) is 0 Å². The fraction of sp³-hybridized carbons (Fsp3) is 0.882. The van der Waals surface area contributed by atoms with Crippen LogP contribution in [0.3, 0.4) is 0 Å². The minimum absolute atomic E-state index is 0.0702. The van der Waals surface area contributed by atoms with Gasteiger partial charge in [-0.05, 0) is 6.42 Å². The zero-order valence-electron chi connectivity index (χ0n) is 16.9. The van der Waals surface area contributed by atoms with Crippen molar-refractivity contribution in [1.29, 1.82) is 0 Å². The molecule has 33 heavy (non-hydrogen) atoms. The van der Waals surface area contributed by atoms with Gasteiger partial charge in [0.05, 0.1) is 0 Å². The summed E-state index contributed by atoms with van der Waals surface area (Å²) in [6, 6.07) is 0. The number of hydrogen-bond donors (Lipinski definition) is 1. The van der Waals surface area contributed by atoms with E-state index >= 15 is 0 Å². The molecule has 0 radical (unpaired) electrons. The van der Waals surface area contributed by atoms with Crippen LogP contribution in [0.25, 0.3) is 0 Å². The highest BCUT2D eigenvalue weighted by Gasteiger charge is 2.91. The topological polar surface area (TPSA) is 46.2 Å². The Morgan fingerprint density at radius 2 is 0.970 bits per heavy atom. The average Bonchev–Trinajstić information content (AvgIpc) is 2.65. The van der Waals surface area contributed by atoms with E-state index in [-0.39, 0.29) is 6.42 Å². The molecule has 0 fully saturated rings. The van der Waals surface area contributed by atoms with Crippen LogP contribution in [0.4, 0.5) is 57.1 Å². The van der Waals surface area contributed by atoms with Gasteiger partial charge in [0.15, 0.2) is 0 Å². The molecule has 0 bridgehead atoms. The molecule has 0 aliphatic rings. The first-order chi connectivity index (χ1) is 14.6. The second-order valence-corrected chi connectivity index (χ2v) is 7.12.